The Morgan fingerprint density at radius 2 is 1.89 bits per heavy atom. The number of nitriles is 1. The molecule has 0 aromatic heterocycles. The fourth-order valence-corrected chi connectivity index (χ4v) is 1.99. The van der Waals surface area contributed by atoms with Crippen molar-refractivity contribution in [3.05, 3.63) is 59.7 Å². The molecule has 3 rings (SSSR count). The summed E-state index contributed by atoms with van der Waals surface area (Å²) in [6.45, 7) is 0.464. The van der Waals surface area contributed by atoms with E-state index in [1.54, 1.807) is 6.07 Å². The topological polar surface area (TPSA) is 42.2 Å². The predicted octanol–water partition coefficient (Wildman–Crippen LogP) is 3.07. The lowest BCUT2D eigenvalue weighted by atomic mass is 10.1. The van der Waals surface area contributed by atoms with Gasteiger partial charge in [-0.3, -0.25) is 0 Å². The second kappa shape index (κ2) is 4.42. The van der Waals surface area contributed by atoms with Crippen LogP contribution in [0.15, 0.2) is 48.5 Å². The molecule has 2 aromatic rings. The third kappa shape index (κ3) is 1.89. The zero-order valence-electron chi connectivity index (χ0n) is 9.67. The van der Waals surface area contributed by atoms with Gasteiger partial charge in [0.2, 0.25) is 0 Å². The number of ether oxygens (including phenoxy) is 2. The molecule has 3 heteroatoms. The summed E-state index contributed by atoms with van der Waals surface area (Å²) in [6, 6.07) is 17.1. The summed E-state index contributed by atoms with van der Waals surface area (Å²) in [6.07, 6.45) is -0.159. The molecule has 1 aliphatic heterocycles. The molecule has 0 fully saturated rings. The van der Waals surface area contributed by atoms with Crippen molar-refractivity contribution in [1.82, 2.24) is 0 Å². The number of fused-ring (bicyclic) bond motifs is 1. The summed E-state index contributed by atoms with van der Waals surface area (Å²) in [4.78, 5) is 0. The number of para-hydroxylation sites is 2. The van der Waals surface area contributed by atoms with Gasteiger partial charge in [0.25, 0.3) is 0 Å². The molecular formula is C15H11NO2. The van der Waals surface area contributed by atoms with Crippen LogP contribution < -0.4 is 9.47 Å². The zero-order chi connectivity index (χ0) is 12.4. The maximum absolute atomic E-state index is 8.90. The van der Waals surface area contributed by atoms with Crippen molar-refractivity contribution >= 4 is 0 Å². The monoisotopic (exact) mass is 237 g/mol. The molecule has 88 valence electrons. The Labute approximate surface area is 105 Å². The molecule has 1 heterocycles. The lowest BCUT2D eigenvalue weighted by Gasteiger charge is -2.26. The lowest BCUT2D eigenvalue weighted by molar-refractivity contribution is 0.0913. The third-order valence-electron chi connectivity index (χ3n) is 2.90. The SMILES string of the molecule is N#Cc1cccc([C@@H]2COc3ccccc3O2)c1. The van der Waals surface area contributed by atoms with Crippen molar-refractivity contribution in [3.63, 3.8) is 0 Å². The normalized spacial score (nSPS) is 16.9. The van der Waals surface area contributed by atoms with Crippen LogP contribution >= 0.6 is 0 Å². The van der Waals surface area contributed by atoms with Crippen LogP contribution in [0.25, 0.3) is 0 Å². The fraction of sp³-hybridized carbons (Fsp3) is 0.133. The zero-order valence-corrected chi connectivity index (χ0v) is 9.67. The van der Waals surface area contributed by atoms with Gasteiger partial charge in [-0.05, 0) is 29.8 Å². The van der Waals surface area contributed by atoms with Crippen LogP contribution in [0.2, 0.25) is 0 Å². The van der Waals surface area contributed by atoms with Gasteiger partial charge < -0.3 is 9.47 Å². The summed E-state index contributed by atoms with van der Waals surface area (Å²) in [5.74, 6) is 1.52. The number of hydrogen-bond acceptors (Lipinski definition) is 3. The van der Waals surface area contributed by atoms with Gasteiger partial charge >= 0.3 is 0 Å². The van der Waals surface area contributed by atoms with Gasteiger partial charge in [0.1, 0.15) is 6.61 Å². The fourth-order valence-electron chi connectivity index (χ4n) is 1.99. The molecular weight excluding hydrogens is 226 g/mol. The van der Waals surface area contributed by atoms with Gasteiger partial charge in [0.15, 0.2) is 17.6 Å². The maximum Gasteiger partial charge on any atom is 0.162 e. The molecule has 0 saturated heterocycles. The molecule has 0 radical (unpaired) electrons. The molecule has 0 bridgehead atoms. The first-order chi connectivity index (χ1) is 8.86. The molecule has 0 amide bonds. The molecule has 0 aliphatic carbocycles. The van der Waals surface area contributed by atoms with Crippen LogP contribution in [0.5, 0.6) is 11.5 Å². The molecule has 1 atom stereocenters. The van der Waals surface area contributed by atoms with E-state index in [0.717, 1.165) is 17.1 Å². The smallest absolute Gasteiger partial charge is 0.162 e. The lowest BCUT2D eigenvalue weighted by Crippen LogP contribution is -2.21. The molecule has 3 nitrogen and oxygen atoms in total. The molecule has 1 aliphatic rings. The van der Waals surface area contributed by atoms with Gasteiger partial charge in [0, 0.05) is 0 Å². The summed E-state index contributed by atoms with van der Waals surface area (Å²) >= 11 is 0. The molecule has 0 unspecified atom stereocenters. The van der Waals surface area contributed by atoms with E-state index in [4.69, 9.17) is 14.7 Å². The number of benzene rings is 2. The molecule has 0 spiro atoms. The molecule has 0 saturated carbocycles. The van der Waals surface area contributed by atoms with Crippen LogP contribution in [-0.4, -0.2) is 6.61 Å². The van der Waals surface area contributed by atoms with E-state index in [2.05, 4.69) is 6.07 Å². The van der Waals surface area contributed by atoms with Crippen molar-refractivity contribution in [2.45, 2.75) is 6.10 Å². The van der Waals surface area contributed by atoms with E-state index in [1.807, 2.05) is 42.5 Å². The minimum absolute atomic E-state index is 0.159. The Bertz CT molecular complexity index is 616. The summed E-state index contributed by atoms with van der Waals surface area (Å²) in [5.41, 5.74) is 1.60. The van der Waals surface area contributed by atoms with Crippen LogP contribution in [0.3, 0.4) is 0 Å². The third-order valence-corrected chi connectivity index (χ3v) is 2.90. The highest BCUT2D eigenvalue weighted by atomic mass is 16.6. The summed E-state index contributed by atoms with van der Waals surface area (Å²) < 4.78 is 11.5. The second-order valence-corrected chi connectivity index (χ2v) is 4.10. The van der Waals surface area contributed by atoms with E-state index in [0.29, 0.717) is 12.2 Å². The first-order valence-corrected chi connectivity index (χ1v) is 5.75. The molecule has 2 aromatic carbocycles. The van der Waals surface area contributed by atoms with Crippen molar-refractivity contribution < 1.29 is 9.47 Å². The van der Waals surface area contributed by atoms with Crippen molar-refractivity contribution in [3.8, 4) is 17.6 Å². The largest absolute Gasteiger partial charge is 0.485 e. The van der Waals surface area contributed by atoms with Crippen LogP contribution in [-0.2, 0) is 0 Å². The molecule has 18 heavy (non-hydrogen) atoms. The Kier molecular flexibility index (Phi) is 2.62. The van der Waals surface area contributed by atoms with Crippen LogP contribution in [0.4, 0.5) is 0 Å². The summed E-state index contributed by atoms with van der Waals surface area (Å²) in [7, 11) is 0. The van der Waals surface area contributed by atoms with Gasteiger partial charge in [-0.1, -0.05) is 24.3 Å². The highest BCUT2D eigenvalue weighted by molar-refractivity contribution is 5.42. The van der Waals surface area contributed by atoms with Crippen LogP contribution in [0, 0.1) is 11.3 Å². The second-order valence-electron chi connectivity index (χ2n) is 4.10. The van der Waals surface area contributed by atoms with Crippen molar-refractivity contribution in [2.24, 2.45) is 0 Å². The Morgan fingerprint density at radius 3 is 2.72 bits per heavy atom. The van der Waals surface area contributed by atoms with Gasteiger partial charge in [0.05, 0.1) is 11.6 Å². The van der Waals surface area contributed by atoms with Crippen molar-refractivity contribution in [2.75, 3.05) is 6.61 Å². The Balaban J connectivity index is 1.90. The maximum atomic E-state index is 8.90. The average molecular weight is 237 g/mol. The summed E-state index contributed by atoms with van der Waals surface area (Å²) in [5, 5.41) is 8.90. The number of hydrogen-bond donors (Lipinski definition) is 0. The Hall–Kier alpha value is -2.47. The quantitative estimate of drug-likeness (QED) is 0.765. The van der Waals surface area contributed by atoms with Gasteiger partial charge in [-0.2, -0.15) is 5.26 Å². The number of rotatable bonds is 1. The van der Waals surface area contributed by atoms with Gasteiger partial charge in [-0.15, -0.1) is 0 Å². The minimum Gasteiger partial charge on any atom is -0.485 e. The average Bonchev–Trinajstić information content (AvgIpc) is 2.47. The first kappa shape index (κ1) is 10.7. The highest BCUT2D eigenvalue weighted by Crippen LogP contribution is 2.35. The van der Waals surface area contributed by atoms with Crippen LogP contribution in [0.1, 0.15) is 17.2 Å². The highest BCUT2D eigenvalue weighted by Gasteiger charge is 2.22. The Morgan fingerprint density at radius 1 is 1.06 bits per heavy atom. The molecule has 0 N–H and O–H groups in total. The minimum atomic E-state index is -0.159. The van der Waals surface area contributed by atoms with E-state index in [-0.39, 0.29) is 6.10 Å². The van der Waals surface area contributed by atoms with E-state index >= 15 is 0 Å². The van der Waals surface area contributed by atoms with Crippen molar-refractivity contribution in [1.29, 1.82) is 5.26 Å². The first-order valence-electron chi connectivity index (χ1n) is 5.75. The standard InChI is InChI=1S/C15H11NO2/c16-9-11-4-3-5-12(8-11)15-10-17-13-6-1-2-7-14(13)18-15/h1-8,15H,10H2/t15-/m0/s1. The van der Waals surface area contributed by atoms with E-state index in [9.17, 15) is 0 Å². The predicted molar refractivity (Wildman–Crippen MR) is 66.5 cm³/mol. The van der Waals surface area contributed by atoms with Gasteiger partial charge in [-0.25, -0.2) is 0 Å². The van der Waals surface area contributed by atoms with E-state index in [1.165, 1.54) is 0 Å². The number of nitrogens with zero attached hydrogens (tertiary/aromatic N) is 1. The van der Waals surface area contributed by atoms with E-state index < -0.39 is 0 Å².